The molecule has 2 aromatic heterocycles. The first-order valence-corrected chi connectivity index (χ1v) is 12.0. The lowest BCUT2D eigenvalue weighted by molar-refractivity contribution is 0.238. The third kappa shape index (κ3) is 3.13. The van der Waals surface area contributed by atoms with Crippen LogP contribution in [0.4, 0.5) is 14.6 Å². The summed E-state index contributed by atoms with van der Waals surface area (Å²) in [6.07, 6.45) is 7.67. The molecule has 3 atom stereocenters. The van der Waals surface area contributed by atoms with Crippen molar-refractivity contribution < 1.29 is 23.4 Å². The van der Waals surface area contributed by atoms with Gasteiger partial charge in [-0.3, -0.25) is 0 Å². The first-order chi connectivity index (χ1) is 18.0. The van der Waals surface area contributed by atoms with Gasteiger partial charge in [0.05, 0.1) is 18.7 Å². The summed E-state index contributed by atoms with van der Waals surface area (Å²) in [5.74, 6) is 1.46. The summed E-state index contributed by atoms with van der Waals surface area (Å²) in [4.78, 5) is 15.6. The predicted molar refractivity (Wildman–Crippen MR) is 133 cm³/mol. The average molecular weight is 501 g/mol. The van der Waals surface area contributed by atoms with E-state index in [1.165, 1.54) is 31.4 Å². The number of pyridine rings is 1. The number of phenolic OH excluding ortho intramolecular Hbond substituents is 1. The molecule has 2 fully saturated rings. The van der Waals surface area contributed by atoms with Gasteiger partial charge in [-0.25, -0.2) is 13.8 Å². The topological polar surface area (TPSA) is 92.6 Å². The molecule has 4 aromatic rings. The highest BCUT2D eigenvalue weighted by Crippen LogP contribution is 2.44. The van der Waals surface area contributed by atoms with E-state index in [0.29, 0.717) is 35.8 Å². The van der Waals surface area contributed by atoms with Crippen LogP contribution in [-0.2, 0) is 0 Å². The summed E-state index contributed by atoms with van der Waals surface area (Å²) >= 11 is 0. The Morgan fingerprint density at radius 2 is 2.05 bits per heavy atom. The second-order valence-electron chi connectivity index (χ2n) is 9.57. The summed E-state index contributed by atoms with van der Waals surface area (Å²) in [5, 5.41) is 15.1. The lowest BCUT2D eigenvalue weighted by Gasteiger charge is -2.40. The zero-order valence-corrected chi connectivity index (χ0v) is 19.8. The number of hydrogen-bond donors (Lipinski definition) is 2. The van der Waals surface area contributed by atoms with E-state index in [2.05, 4.69) is 31.1 Å². The molecule has 2 bridgehead atoms. The van der Waals surface area contributed by atoms with Gasteiger partial charge < -0.3 is 24.8 Å². The number of benzene rings is 2. The molecular weight excluding hydrogens is 480 g/mol. The molecule has 7 rings (SSSR count). The maximum atomic E-state index is 16.4. The maximum absolute atomic E-state index is 16.4. The van der Waals surface area contributed by atoms with Gasteiger partial charge in [0.15, 0.2) is 5.82 Å². The highest BCUT2D eigenvalue weighted by atomic mass is 19.1. The van der Waals surface area contributed by atoms with Crippen LogP contribution in [0.2, 0.25) is 0 Å². The fourth-order valence-electron chi connectivity index (χ4n) is 5.94. The van der Waals surface area contributed by atoms with Crippen molar-refractivity contribution in [1.82, 2.24) is 20.3 Å². The number of rotatable bonds is 2. The monoisotopic (exact) mass is 501 g/mol. The van der Waals surface area contributed by atoms with E-state index in [-0.39, 0.29) is 57.4 Å². The van der Waals surface area contributed by atoms with Crippen LogP contribution in [0, 0.1) is 24.0 Å². The number of terminal acetylenes is 1. The molecule has 3 aliphatic heterocycles. The average Bonchev–Trinajstić information content (AvgIpc) is 3.21. The van der Waals surface area contributed by atoms with E-state index in [1.54, 1.807) is 0 Å². The van der Waals surface area contributed by atoms with E-state index in [4.69, 9.17) is 15.9 Å². The van der Waals surface area contributed by atoms with Gasteiger partial charge >= 0.3 is 6.01 Å². The number of piperazine rings is 1. The highest BCUT2D eigenvalue weighted by Gasteiger charge is 2.44. The van der Waals surface area contributed by atoms with Gasteiger partial charge in [-0.1, -0.05) is 12.0 Å². The van der Waals surface area contributed by atoms with E-state index in [1.807, 2.05) is 0 Å². The number of hydrogen-bond acceptors (Lipinski definition) is 8. The highest BCUT2D eigenvalue weighted by molar-refractivity contribution is 6.04. The Bertz CT molecular complexity index is 1670. The molecule has 2 N–H and O–H groups in total. The molecule has 10 heteroatoms. The van der Waals surface area contributed by atoms with Crippen molar-refractivity contribution >= 4 is 27.5 Å². The summed E-state index contributed by atoms with van der Waals surface area (Å²) in [6, 6.07) is 5.91. The van der Waals surface area contributed by atoms with Crippen molar-refractivity contribution in [3.63, 3.8) is 0 Å². The summed E-state index contributed by atoms with van der Waals surface area (Å²) < 4.78 is 42.6. The van der Waals surface area contributed by atoms with Crippen molar-refractivity contribution in [1.29, 1.82) is 0 Å². The third-order valence-electron chi connectivity index (χ3n) is 7.57. The quantitative estimate of drug-likeness (QED) is 0.403. The van der Waals surface area contributed by atoms with Gasteiger partial charge in [0.2, 0.25) is 5.88 Å². The Balaban J connectivity index is 1.54. The molecule has 186 valence electrons. The molecule has 2 aromatic carbocycles. The lowest BCUT2D eigenvalue weighted by atomic mass is 9.95. The van der Waals surface area contributed by atoms with Crippen molar-refractivity contribution in [3.05, 3.63) is 41.5 Å². The molecule has 3 aliphatic rings. The predicted octanol–water partition coefficient (Wildman–Crippen LogP) is 3.52. The minimum absolute atomic E-state index is 0.00662. The molecule has 8 nitrogen and oxygen atoms in total. The molecule has 5 heterocycles. The Kier molecular flexibility index (Phi) is 4.69. The standard InChI is InChI=1S/C27H21F2N5O3/c1-3-15-17(28)6-4-12-8-14(35)9-16(20(12)15)23-22(29)24-21-25(33-27(32-24)36-2)34-10-13-5-7-18(30-13)19(34)11-37-26(21)31-23/h1,4,6,8-9,13,18-19,30,35H,5,7,10-11H2,2H3. The van der Waals surface area contributed by atoms with Crippen LogP contribution >= 0.6 is 0 Å². The molecule has 0 amide bonds. The van der Waals surface area contributed by atoms with Crippen LogP contribution < -0.4 is 19.7 Å². The SMILES string of the molecule is C#Cc1c(F)ccc2cc(O)cc(-c3nc4c5c(nc(OC)nc5c3F)N3CC5CCC(N5)C3CO4)c12. The smallest absolute Gasteiger partial charge is 0.318 e. The molecular formula is C27H21F2N5O3. The van der Waals surface area contributed by atoms with Crippen molar-refractivity contribution in [2.24, 2.45) is 0 Å². The number of anilines is 1. The van der Waals surface area contributed by atoms with Crippen LogP contribution in [0.15, 0.2) is 24.3 Å². The van der Waals surface area contributed by atoms with Gasteiger partial charge in [-0.2, -0.15) is 9.97 Å². The number of nitrogens with zero attached hydrogens (tertiary/aromatic N) is 4. The normalized spacial score (nSPS) is 21.9. The minimum atomic E-state index is -0.778. The molecule has 0 radical (unpaired) electrons. The second kappa shape index (κ2) is 7.88. The molecule has 0 saturated carbocycles. The fraction of sp³-hybridized carbons (Fsp3) is 0.296. The molecule has 0 spiro atoms. The number of phenols is 1. The fourth-order valence-corrected chi connectivity index (χ4v) is 5.94. The Hall–Kier alpha value is -4.23. The molecule has 0 aliphatic carbocycles. The van der Waals surface area contributed by atoms with Gasteiger partial charge in [0.25, 0.3) is 0 Å². The summed E-state index contributed by atoms with van der Waals surface area (Å²) in [6.45, 7) is 0.992. The van der Waals surface area contributed by atoms with E-state index in [0.717, 1.165) is 12.8 Å². The van der Waals surface area contributed by atoms with Crippen molar-refractivity contribution in [3.8, 4) is 41.2 Å². The van der Waals surface area contributed by atoms with E-state index in [9.17, 15) is 9.50 Å². The Morgan fingerprint density at radius 3 is 2.86 bits per heavy atom. The third-order valence-corrected chi connectivity index (χ3v) is 7.57. The zero-order chi connectivity index (χ0) is 25.4. The summed E-state index contributed by atoms with van der Waals surface area (Å²) in [7, 11) is 1.42. The number of nitrogens with one attached hydrogen (secondary N) is 1. The maximum Gasteiger partial charge on any atom is 0.318 e. The second-order valence-corrected chi connectivity index (χ2v) is 9.57. The van der Waals surface area contributed by atoms with Crippen LogP contribution in [-0.4, -0.2) is 58.4 Å². The minimum Gasteiger partial charge on any atom is -0.508 e. The van der Waals surface area contributed by atoms with Gasteiger partial charge in [0.1, 0.15) is 40.6 Å². The number of aromatic nitrogens is 3. The van der Waals surface area contributed by atoms with E-state index >= 15 is 4.39 Å². The van der Waals surface area contributed by atoms with Gasteiger partial charge in [-0.05, 0) is 36.4 Å². The van der Waals surface area contributed by atoms with Crippen LogP contribution in [0.5, 0.6) is 17.6 Å². The number of aromatic hydroxyl groups is 1. The molecule has 2 saturated heterocycles. The lowest BCUT2D eigenvalue weighted by Crippen LogP contribution is -2.60. The van der Waals surface area contributed by atoms with E-state index < -0.39 is 11.6 Å². The van der Waals surface area contributed by atoms with Crippen LogP contribution in [0.3, 0.4) is 0 Å². The number of ether oxygens (including phenoxy) is 2. The number of methoxy groups -OCH3 is 1. The van der Waals surface area contributed by atoms with Crippen molar-refractivity contribution in [2.45, 2.75) is 31.0 Å². The Morgan fingerprint density at radius 1 is 1.19 bits per heavy atom. The number of halogens is 2. The van der Waals surface area contributed by atoms with Crippen LogP contribution in [0.1, 0.15) is 18.4 Å². The van der Waals surface area contributed by atoms with Crippen LogP contribution in [0.25, 0.3) is 32.9 Å². The summed E-state index contributed by atoms with van der Waals surface area (Å²) in [5.41, 5.74) is -0.135. The molecule has 3 unspecified atom stereocenters. The Labute approximate surface area is 210 Å². The van der Waals surface area contributed by atoms with Gasteiger partial charge in [-0.15, -0.1) is 6.42 Å². The van der Waals surface area contributed by atoms with Crippen molar-refractivity contribution in [2.75, 3.05) is 25.2 Å². The first kappa shape index (κ1) is 22.0. The first-order valence-electron chi connectivity index (χ1n) is 12.0. The largest absolute Gasteiger partial charge is 0.508 e. The molecule has 37 heavy (non-hydrogen) atoms. The zero-order valence-electron chi connectivity index (χ0n) is 19.8. The number of fused-ring (bicyclic) bond motifs is 6. The van der Waals surface area contributed by atoms with Gasteiger partial charge in [0, 0.05) is 29.6 Å².